The summed E-state index contributed by atoms with van der Waals surface area (Å²) in [6.07, 6.45) is 11.9. The third-order valence-corrected chi connectivity index (χ3v) is 4.77. The average Bonchev–Trinajstić information content (AvgIpc) is 2.65. The third kappa shape index (κ3) is 4.65. The van der Waals surface area contributed by atoms with Crippen LogP contribution in [-0.2, 0) is 12.8 Å². The van der Waals surface area contributed by atoms with Crippen LogP contribution in [0, 0.1) is 5.92 Å². The lowest BCUT2D eigenvalue weighted by Crippen LogP contribution is -2.08. The van der Waals surface area contributed by atoms with E-state index < -0.39 is 0 Å². The van der Waals surface area contributed by atoms with E-state index in [1.807, 2.05) is 18.4 Å². The largest absolute Gasteiger partial charge is 0.320 e. The fraction of sp³-hybridized carbons (Fsp3) is 0.857. The molecule has 0 aliphatic heterocycles. The highest BCUT2D eigenvalue weighted by Crippen LogP contribution is 2.27. The zero-order chi connectivity index (χ0) is 12.6. The summed E-state index contributed by atoms with van der Waals surface area (Å²) >= 11 is 1.83. The van der Waals surface area contributed by atoms with E-state index in [2.05, 4.69) is 15.5 Å². The molecular formula is C14H25N3S. The number of hydrogen-bond acceptors (Lipinski definition) is 4. The van der Waals surface area contributed by atoms with Gasteiger partial charge in [0.15, 0.2) is 0 Å². The summed E-state index contributed by atoms with van der Waals surface area (Å²) in [5.74, 6) is 0.866. The Morgan fingerprint density at radius 3 is 2.56 bits per heavy atom. The van der Waals surface area contributed by atoms with Crippen molar-refractivity contribution in [2.75, 3.05) is 13.6 Å². The molecule has 3 nitrogen and oxygen atoms in total. The molecule has 0 unspecified atom stereocenters. The zero-order valence-electron chi connectivity index (χ0n) is 11.5. The molecule has 0 amide bonds. The SMILES string of the molecule is CNCCCc1nnc(CC2CCCCCC2)s1. The normalized spacial score (nSPS) is 17.8. The lowest BCUT2D eigenvalue weighted by molar-refractivity contribution is 0.456. The van der Waals surface area contributed by atoms with Crippen LogP contribution in [0.5, 0.6) is 0 Å². The van der Waals surface area contributed by atoms with E-state index in [4.69, 9.17) is 0 Å². The van der Waals surface area contributed by atoms with Crippen LogP contribution in [0.4, 0.5) is 0 Å². The highest BCUT2D eigenvalue weighted by atomic mass is 32.1. The Morgan fingerprint density at radius 2 is 1.83 bits per heavy atom. The van der Waals surface area contributed by atoms with E-state index in [1.165, 1.54) is 55.0 Å². The molecule has 1 aliphatic carbocycles. The summed E-state index contributed by atoms with van der Waals surface area (Å²) in [6.45, 7) is 1.07. The van der Waals surface area contributed by atoms with Gasteiger partial charge in [-0.2, -0.15) is 0 Å². The highest BCUT2D eigenvalue weighted by Gasteiger charge is 2.15. The summed E-state index contributed by atoms with van der Waals surface area (Å²) in [5, 5.41) is 14.3. The van der Waals surface area contributed by atoms with Gasteiger partial charge in [0, 0.05) is 12.8 Å². The van der Waals surface area contributed by atoms with Crippen molar-refractivity contribution in [1.82, 2.24) is 15.5 Å². The number of aromatic nitrogens is 2. The monoisotopic (exact) mass is 267 g/mol. The van der Waals surface area contributed by atoms with Gasteiger partial charge < -0.3 is 5.32 Å². The predicted octanol–water partition coefficient (Wildman–Crippen LogP) is 3.20. The van der Waals surface area contributed by atoms with E-state index in [-0.39, 0.29) is 0 Å². The Kier molecular flexibility index (Phi) is 6.08. The van der Waals surface area contributed by atoms with E-state index in [0.29, 0.717) is 0 Å². The maximum absolute atomic E-state index is 4.37. The highest BCUT2D eigenvalue weighted by molar-refractivity contribution is 7.11. The zero-order valence-corrected chi connectivity index (χ0v) is 12.3. The molecule has 0 bridgehead atoms. The molecule has 0 radical (unpaired) electrons. The van der Waals surface area contributed by atoms with E-state index in [1.54, 1.807) is 0 Å². The minimum atomic E-state index is 0.866. The Bertz CT molecular complexity index is 330. The van der Waals surface area contributed by atoms with Gasteiger partial charge in [0.05, 0.1) is 0 Å². The van der Waals surface area contributed by atoms with Crippen molar-refractivity contribution in [1.29, 1.82) is 0 Å². The molecule has 1 aromatic rings. The Labute approximate surface area is 114 Å². The summed E-state index contributed by atoms with van der Waals surface area (Å²) < 4.78 is 0. The smallest absolute Gasteiger partial charge is 0.117 e. The van der Waals surface area contributed by atoms with Gasteiger partial charge in [0.25, 0.3) is 0 Å². The molecule has 0 atom stereocenters. The van der Waals surface area contributed by atoms with Crippen LogP contribution >= 0.6 is 11.3 Å². The van der Waals surface area contributed by atoms with Crippen LogP contribution < -0.4 is 5.32 Å². The molecule has 0 spiro atoms. The van der Waals surface area contributed by atoms with Crippen LogP contribution in [0.25, 0.3) is 0 Å². The minimum Gasteiger partial charge on any atom is -0.320 e. The number of hydrogen-bond donors (Lipinski definition) is 1. The lowest BCUT2D eigenvalue weighted by atomic mass is 9.97. The number of nitrogens with one attached hydrogen (secondary N) is 1. The molecular weight excluding hydrogens is 242 g/mol. The maximum atomic E-state index is 4.37. The predicted molar refractivity (Wildman–Crippen MR) is 77.1 cm³/mol. The Balaban J connectivity index is 1.78. The van der Waals surface area contributed by atoms with Crippen LogP contribution in [0.3, 0.4) is 0 Å². The molecule has 0 aromatic carbocycles. The van der Waals surface area contributed by atoms with Crippen LogP contribution in [-0.4, -0.2) is 23.8 Å². The summed E-state index contributed by atoms with van der Waals surface area (Å²) in [4.78, 5) is 0. The maximum Gasteiger partial charge on any atom is 0.117 e. The first-order valence-electron chi connectivity index (χ1n) is 7.34. The second-order valence-electron chi connectivity index (χ2n) is 5.36. The van der Waals surface area contributed by atoms with Crippen molar-refractivity contribution in [3.05, 3.63) is 10.0 Å². The first kappa shape index (κ1) is 13.9. The molecule has 1 N–H and O–H groups in total. The lowest BCUT2D eigenvalue weighted by Gasteiger charge is -2.10. The van der Waals surface area contributed by atoms with Crippen LogP contribution in [0.2, 0.25) is 0 Å². The molecule has 1 fully saturated rings. The number of nitrogens with zero attached hydrogens (tertiary/aromatic N) is 2. The van der Waals surface area contributed by atoms with Crippen molar-refractivity contribution in [2.24, 2.45) is 5.92 Å². The summed E-state index contributed by atoms with van der Waals surface area (Å²) in [7, 11) is 2.00. The van der Waals surface area contributed by atoms with E-state index in [9.17, 15) is 0 Å². The Morgan fingerprint density at radius 1 is 1.11 bits per heavy atom. The second-order valence-corrected chi connectivity index (χ2v) is 6.50. The quantitative estimate of drug-likeness (QED) is 0.635. The summed E-state index contributed by atoms with van der Waals surface area (Å²) in [6, 6.07) is 0. The van der Waals surface area contributed by atoms with E-state index >= 15 is 0 Å². The van der Waals surface area contributed by atoms with Gasteiger partial charge in [-0.25, -0.2) is 0 Å². The van der Waals surface area contributed by atoms with Crippen LogP contribution in [0.15, 0.2) is 0 Å². The van der Waals surface area contributed by atoms with E-state index in [0.717, 1.165) is 25.3 Å². The van der Waals surface area contributed by atoms with Gasteiger partial charge in [0.2, 0.25) is 0 Å². The molecule has 2 rings (SSSR count). The Hall–Kier alpha value is -0.480. The second kappa shape index (κ2) is 7.85. The van der Waals surface area contributed by atoms with Gasteiger partial charge in [-0.3, -0.25) is 0 Å². The number of rotatable bonds is 6. The fourth-order valence-electron chi connectivity index (χ4n) is 2.70. The van der Waals surface area contributed by atoms with Gasteiger partial charge in [0.1, 0.15) is 10.0 Å². The van der Waals surface area contributed by atoms with Crippen molar-refractivity contribution in [2.45, 2.75) is 57.8 Å². The molecule has 102 valence electrons. The third-order valence-electron chi connectivity index (χ3n) is 3.76. The first-order chi connectivity index (χ1) is 8.88. The first-order valence-corrected chi connectivity index (χ1v) is 8.16. The summed E-state index contributed by atoms with van der Waals surface area (Å²) in [5.41, 5.74) is 0. The van der Waals surface area contributed by atoms with Crippen LogP contribution in [0.1, 0.15) is 55.0 Å². The topological polar surface area (TPSA) is 37.8 Å². The standard InChI is InChI=1S/C14H25N3S/c1-15-10-6-9-13-16-17-14(18-13)11-12-7-4-2-3-5-8-12/h12,15H,2-11H2,1H3. The number of aryl methyl sites for hydroxylation is 1. The van der Waals surface area contributed by atoms with Gasteiger partial charge in [-0.15, -0.1) is 21.5 Å². The molecule has 4 heteroatoms. The van der Waals surface area contributed by atoms with Gasteiger partial charge >= 0.3 is 0 Å². The molecule has 1 saturated carbocycles. The fourth-order valence-corrected chi connectivity index (χ4v) is 3.70. The van der Waals surface area contributed by atoms with Crippen molar-refractivity contribution in [3.63, 3.8) is 0 Å². The van der Waals surface area contributed by atoms with Crippen molar-refractivity contribution < 1.29 is 0 Å². The van der Waals surface area contributed by atoms with Gasteiger partial charge in [-0.1, -0.05) is 38.5 Å². The van der Waals surface area contributed by atoms with Crippen molar-refractivity contribution >= 4 is 11.3 Å². The van der Waals surface area contributed by atoms with Gasteiger partial charge in [-0.05, 0) is 25.9 Å². The molecule has 1 aromatic heterocycles. The molecule has 0 saturated heterocycles. The molecule has 18 heavy (non-hydrogen) atoms. The average molecular weight is 267 g/mol. The molecule has 1 heterocycles. The molecule has 1 aliphatic rings. The minimum absolute atomic E-state index is 0.866. The van der Waals surface area contributed by atoms with Crippen molar-refractivity contribution in [3.8, 4) is 0 Å².